The number of aromatic nitrogens is 4. The smallest absolute Gasteiger partial charge is 0.407 e. The highest BCUT2D eigenvalue weighted by Gasteiger charge is 2.56. The molecule has 4 N–H and O–H groups in total. The normalized spacial score (nSPS) is 25.9. The molecule has 0 bridgehead atoms. The molecule has 2 unspecified atom stereocenters. The van der Waals surface area contributed by atoms with Crippen LogP contribution in [0.5, 0.6) is 0 Å². The van der Waals surface area contributed by atoms with Gasteiger partial charge in [0.1, 0.15) is 23.7 Å². The lowest BCUT2D eigenvalue weighted by atomic mass is 9.66. The van der Waals surface area contributed by atoms with Gasteiger partial charge in [-0.3, -0.25) is 9.59 Å². The first-order valence-corrected chi connectivity index (χ1v) is 24.7. The number of aromatic amines is 2. The van der Waals surface area contributed by atoms with Crippen LogP contribution in [0.25, 0.3) is 33.4 Å². The van der Waals surface area contributed by atoms with E-state index in [1.807, 2.05) is 43.7 Å². The fourth-order valence-electron chi connectivity index (χ4n) is 11.6. The maximum Gasteiger partial charge on any atom is 0.407 e. The first-order valence-electron chi connectivity index (χ1n) is 24.7. The van der Waals surface area contributed by atoms with Gasteiger partial charge in [0.05, 0.1) is 49.2 Å². The molecule has 4 heterocycles. The van der Waals surface area contributed by atoms with Crippen LogP contribution >= 0.6 is 0 Å². The Labute approximate surface area is 398 Å². The van der Waals surface area contributed by atoms with E-state index in [-0.39, 0.29) is 46.6 Å². The van der Waals surface area contributed by atoms with Gasteiger partial charge in [-0.05, 0) is 144 Å². The van der Waals surface area contributed by atoms with Crippen LogP contribution in [0.4, 0.5) is 9.59 Å². The second kappa shape index (κ2) is 17.7. The molecule has 14 nitrogen and oxygen atoms in total. The van der Waals surface area contributed by atoms with Gasteiger partial charge in [0, 0.05) is 13.1 Å². The summed E-state index contributed by atoms with van der Waals surface area (Å²) in [5, 5.41) is 5.56. The van der Waals surface area contributed by atoms with Gasteiger partial charge in [-0.2, -0.15) is 0 Å². The minimum atomic E-state index is -0.691. The molecule has 2 saturated heterocycles. The Morgan fingerprint density at radius 2 is 1.31 bits per heavy atom. The average Bonchev–Trinajstić information content (AvgIpc) is 3.92. The summed E-state index contributed by atoms with van der Waals surface area (Å²) in [5.74, 6) is 2.15. The third-order valence-electron chi connectivity index (χ3n) is 16.3. The molecule has 2 aliphatic heterocycles. The van der Waals surface area contributed by atoms with Gasteiger partial charge in [0.25, 0.3) is 0 Å². The number of fused-ring (bicyclic) bond motifs is 2. The molecule has 10 rings (SSSR count). The Bertz CT molecular complexity index is 2700. The van der Waals surface area contributed by atoms with E-state index in [0.29, 0.717) is 24.9 Å². The Morgan fingerprint density at radius 1 is 0.735 bits per heavy atom. The zero-order chi connectivity index (χ0) is 47.6. The van der Waals surface area contributed by atoms with Crippen molar-refractivity contribution in [3.05, 3.63) is 95.7 Å². The lowest BCUT2D eigenvalue weighted by molar-refractivity contribution is -0.136. The Balaban J connectivity index is 0.893. The van der Waals surface area contributed by atoms with Crippen molar-refractivity contribution in [3.63, 3.8) is 0 Å². The Morgan fingerprint density at radius 3 is 1.85 bits per heavy atom. The van der Waals surface area contributed by atoms with Crippen molar-refractivity contribution in [1.82, 2.24) is 40.4 Å². The third-order valence-corrected chi connectivity index (χ3v) is 16.3. The molecule has 5 fully saturated rings. The third kappa shape index (κ3) is 8.63. The van der Waals surface area contributed by atoms with Gasteiger partial charge in [-0.1, -0.05) is 76.8 Å². The van der Waals surface area contributed by atoms with E-state index in [2.05, 4.69) is 75.2 Å². The average molecular weight is 923 g/mol. The monoisotopic (exact) mass is 923 g/mol. The molecule has 14 heteroatoms. The number of nitrogens with zero attached hydrogens (tertiary/aromatic N) is 4. The quantitative estimate of drug-likeness (QED) is 0.115. The highest BCUT2D eigenvalue weighted by atomic mass is 16.5. The lowest BCUT2D eigenvalue weighted by Gasteiger charge is -2.39. The second-order valence-electron chi connectivity index (χ2n) is 21.5. The molecule has 2 spiro atoms. The molecule has 2 aromatic heterocycles. The molecule has 68 heavy (non-hydrogen) atoms. The number of alkyl carbamates (subject to hydrolysis) is 2. The zero-order valence-corrected chi connectivity index (χ0v) is 40.3. The van der Waals surface area contributed by atoms with E-state index < -0.39 is 24.3 Å². The molecule has 4 aliphatic carbocycles. The number of hydrogen-bond acceptors (Lipinski definition) is 8. The summed E-state index contributed by atoms with van der Waals surface area (Å²) in [6.45, 7) is 13.8. The van der Waals surface area contributed by atoms with Crippen LogP contribution in [0.2, 0.25) is 0 Å². The number of hydrogen-bond donors (Lipinski definition) is 4. The first kappa shape index (κ1) is 45.6. The highest BCUT2D eigenvalue weighted by Crippen LogP contribution is 2.59. The molecule has 0 radical (unpaired) electrons. The molecule has 4 aromatic rings. The predicted octanol–water partition coefficient (Wildman–Crippen LogP) is 9.66. The number of nitrogens with one attached hydrogen (secondary N) is 4. The molecule has 358 valence electrons. The number of benzene rings is 2. The number of imidazole rings is 2. The van der Waals surface area contributed by atoms with Crippen LogP contribution in [0, 0.1) is 34.5 Å². The van der Waals surface area contributed by atoms with Crippen molar-refractivity contribution in [3.8, 4) is 11.3 Å². The van der Waals surface area contributed by atoms with E-state index >= 15 is 0 Å². The number of H-pyrrole nitrogens is 2. The Kier molecular flexibility index (Phi) is 11.9. The van der Waals surface area contributed by atoms with E-state index in [4.69, 9.17) is 26.0 Å². The van der Waals surface area contributed by atoms with Gasteiger partial charge in [0.15, 0.2) is 0 Å². The largest absolute Gasteiger partial charge is 0.453 e. The van der Waals surface area contributed by atoms with Gasteiger partial charge >= 0.3 is 12.2 Å². The molecule has 3 saturated carbocycles. The van der Waals surface area contributed by atoms with Crippen LogP contribution in [-0.4, -0.2) is 93.1 Å². The van der Waals surface area contributed by atoms with Crippen LogP contribution < -0.4 is 10.6 Å². The van der Waals surface area contributed by atoms with Crippen molar-refractivity contribution in [2.45, 2.75) is 116 Å². The van der Waals surface area contributed by atoms with Gasteiger partial charge in [0.2, 0.25) is 11.8 Å². The summed E-state index contributed by atoms with van der Waals surface area (Å²) in [6.07, 6.45) is 15.6. The van der Waals surface area contributed by atoms with Crippen LogP contribution in [0.1, 0.15) is 127 Å². The van der Waals surface area contributed by atoms with Gasteiger partial charge < -0.3 is 39.9 Å². The maximum atomic E-state index is 14.1. The van der Waals surface area contributed by atoms with Crippen molar-refractivity contribution in [1.29, 1.82) is 0 Å². The van der Waals surface area contributed by atoms with Crippen molar-refractivity contribution in [2.75, 3.05) is 27.3 Å². The van der Waals surface area contributed by atoms with Crippen molar-refractivity contribution < 1.29 is 28.7 Å². The van der Waals surface area contributed by atoms with E-state index in [0.717, 1.165) is 108 Å². The minimum Gasteiger partial charge on any atom is -0.453 e. The number of likely N-dealkylation sites (tertiary alicyclic amines) is 2. The number of carbonyl (C=O) groups is 4. The zero-order valence-electron chi connectivity index (χ0n) is 40.3. The van der Waals surface area contributed by atoms with Crippen LogP contribution in [0.3, 0.4) is 0 Å². The van der Waals surface area contributed by atoms with Crippen LogP contribution in [-0.2, 0) is 19.1 Å². The summed E-state index contributed by atoms with van der Waals surface area (Å²) in [4.78, 5) is 73.6. The molecule has 2 aromatic carbocycles. The van der Waals surface area contributed by atoms with Crippen molar-refractivity contribution >= 4 is 46.2 Å². The lowest BCUT2D eigenvalue weighted by Crippen LogP contribution is -2.51. The fraction of sp³-hybridized carbons (Fsp3) is 0.519. The first-order chi connectivity index (χ1) is 32.7. The van der Waals surface area contributed by atoms with Crippen LogP contribution in [0.15, 0.2) is 73.0 Å². The van der Waals surface area contributed by atoms with Gasteiger partial charge in [-0.25, -0.2) is 19.6 Å². The van der Waals surface area contributed by atoms with E-state index in [9.17, 15) is 19.2 Å². The fourth-order valence-corrected chi connectivity index (χ4v) is 11.6. The number of ether oxygens (including phenoxy) is 2. The second-order valence-corrected chi connectivity index (χ2v) is 21.5. The van der Waals surface area contributed by atoms with E-state index in [1.54, 1.807) is 0 Å². The van der Waals surface area contributed by atoms with Crippen molar-refractivity contribution in [2.24, 2.45) is 34.5 Å². The predicted molar refractivity (Wildman–Crippen MR) is 260 cm³/mol. The molecular formula is C54H66N8O6. The van der Waals surface area contributed by atoms with Gasteiger partial charge in [-0.15, -0.1) is 0 Å². The maximum absolute atomic E-state index is 14.1. The summed E-state index contributed by atoms with van der Waals surface area (Å²) in [7, 11) is 2.63. The molecular weight excluding hydrogens is 857 g/mol. The standard InChI is InChI=1S/C54H66N8O6/c1-30(2)45(59-51(65)67-6)49(63)61-28-53(20-21-53)25-43(61)47-55-27-42(58-47)36-12-10-34(11-13-36)38-17-14-33(8-9-35-15-18-39(35)32(38)5)37-16-19-40-41(24-37)57-48(56-40)44-26-54(22-23-54)29-62(44)50(64)46(31(3)4)60-52(66)68-7/h10-14,16-17,19,24,27,30-31,35,39,43-46H,5,8-9,15,18,20-23,25-26,28-29H2,1-4,6-7H3,(H,55,58)(H,56,57)(H,59,65)(H,60,66)/b33-14+,38-17+/t35?,39?,43-,44-,45-,46-/m0/s1. The Hall–Kier alpha value is -6.18. The number of carbonyl (C=O) groups excluding carboxylic acids is 4. The molecule has 6 atom stereocenters. The highest BCUT2D eigenvalue weighted by molar-refractivity contribution is 5.89. The number of allylic oxidation sites excluding steroid dienone is 5. The number of methoxy groups -OCH3 is 2. The number of rotatable bonds is 11. The molecule has 4 amide bonds. The topological polar surface area (TPSA) is 175 Å². The SMILES string of the molecule is C=C1/C(c2ccc(-c3cnc([C@@H]4CC5(CC5)CN4C(=O)[C@@H](NC(=O)OC)C(C)C)[nH]3)cc2)=C\C=C(\c2ccc3nc([C@@H]4CC5(CC5)CN4C(=O)[C@@H](NC(=O)OC)C(C)C)[nH]c3c2)CCC2CCC12. The summed E-state index contributed by atoms with van der Waals surface area (Å²) in [5.41, 5.74) is 9.79. The summed E-state index contributed by atoms with van der Waals surface area (Å²) in [6, 6.07) is 13.3. The minimum absolute atomic E-state index is 0.0975. The molecule has 6 aliphatic rings. The van der Waals surface area contributed by atoms with E-state index in [1.165, 1.54) is 31.8 Å². The summed E-state index contributed by atoms with van der Waals surface area (Å²) >= 11 is 0. The number of amides is 4. The summed E-state index contributed by atoms with van der Waals surface area (Å²) < 4.78 is 9.73.